The lowest BCUT2D eigenvalue weighted by atomic mass is 10.4. The van der Waals surface area contributed by atoms with Crippen molar-refractivity contribution in [3.05, 3.63) is 22.6 Å². The fraction of sp³-hybridized carbons (Fsp3) is 0.500. The highest BCUT2D eigenvalue weighted by molar-refractivity contribution is 5.15. The number of aryl methyl sites for hydroxylation is 1. The fourth-order valence-electron chi connectivity index (χ4n) is 0.875. The summed E-state index contributed by atoms with van der Waals surface area (Å²) in [5.74, 6) is 0.191. The minimum atomic E-state index is -0.340. The zero-order valence-electron chi connectivity index (χ0n) is 8.05. The first-order valence-electron chi connectivity index (χ1n) is 4.12. The van der Waals surface area contributed by atoms with Crippen LogP contribution in [0.3, 0.4) is 0 Å². The Morgan fingerprint density at radius 3 is 2.71 bits per heavy atom. The summed E-state index contributed by atoms with van der Waals surface area (Å²) in [4.78, 5) is 14.2. The molecule has 14 heavy (non-hydrogen) atoms. The van der Waals surface area contributed by atoms with Crippen LogP contribution in [-0.4, -0.2) is 33.5 Å². The average molecular weight is 201 g/mol. The van der Waals surface area contributed by atoms with Crippen LogP contribution >= 0.6 is 0 Å². The van der Waals surface area contributed by atoms with Gasteiger partial charge in [-0.25, -0.2) is 0 Å². The quantitative estimate of drug-likeness (QED) is 0.571. The van der Waals surface area contributed by atoms with Crippen LogP contribution in [0.25, 0.3) is 0 Å². The molecule has 0 saturated carbocycles. The molecule has 0 fully saturated rings. The first-order valence-corrected chi connectivity index (χ1v) is 4.12. The number of rotatable bonds is 3. The van der Waals surface area contributed by atoms with Gasteiger partial charge >= 0.3 is 0 Å². The van der Waals surface area contributed by atoms with Crippen LogP contribution in [0, 0.1) is 0 Å². The van der Waals surface area contributed by atoms with Gasteiger partial charge in [0.25, 0.3) is 5.56 Å². The number of hydrogen-bond acceptors (Lipinski definition) is 5. The van der Waals surface area contributed by atoms with Crippen molar-refractivity contribution in [1.82, 2.24) is 9.55 Å². The number of hydrogen-bond donors (Lipinski definition) is 3. The number of nitrogens with two attached hydrogens (primary N) is 1. The number of aromatic nitrogens is 2. The van der Waals surface area contributed by atoms with E-state index in [-0.39, 0.29) is 18.1 Å². The Labute approximate surface area is 81.6 Å². The smallest absolute Gasteiger partial charge is 0.274 e. The maximum absolute atomic E-state index is 10.7. The van der Waals surface area contributed by atoms with Crippen molar-refractivity contribution in [1.29, 1.82) is 0 Å². The Kier molecular flexibility index (Phi) is 6.34. The van der Waals surface area contributed by atoms with Crippen LogP contribution < -0.4 is 11.3 Å². The van der Waals surface area contributed by atoms with Gasteiger partial charge in [0.1, 0.15) is 0 Å². The second-order valence-corrected chi connectivity index (χ2v) is 2.39. The molecule has 0 spiro atoms. The summed E-state index contributed by atoms with van der Waals surface area (Å²) >= 11 is 0. The Morgan fingerprint density at radius 1 is 1.57 bits per heavy atom. The SMILES string of the molecule is CO.Nc1nc(=O)ccn1CCCO. The maximum Gasteiger partial charge on any atom is 0.274 e. The van der Waals surface area contributed by atoms with E-state index < -0.39 is 0 Å². The molecular weight excluding hydrogens is 186 g/mol. The van der Waals surface area contributed by atoms with Crippen LogP contribution in [0.15, 0.2) is 17.1 Å². The number of anilines is 1. The van der Waals surface area contributed by atoms with E-state index >= 15 is 0 Å². The van der Waals surface area contributed by atoms with Gasteiger partial charge in [-0.15, -0.1) is 0 Å². The molecule has 0 aliphatic heterocycles. The second kappa shape index (κ2) is 7.05. The zero-order chi connectivity index (χ0) is 11.0. The van der Waals surface area contributed by atoms with Crippen LogP contribution in [0.1, 0.15) is 6.42 Å². The third-order valence-electron chi connectivity index (χ3n) is 1.47. The molecule has 0 amide bonds. The zero-order valence-corrected chi connectivity index (χ0v) is 8.05. The first kappa shape index (κ1) is 12.6. The molecule has 0 unspecified atom stereocenters. The summed E-state index contributed by atoms with van der Waals surface area (Å²) in [7, 11) is 1.00. The van der Waals surface area contributed by atoms with Crippen molar-refractivity contribution in [2.75, 3.05) is 19.5 Å². The van der Waals surface area contributed by atoms with Crippen molar-refractivity contribution in [2.45, 2.75) is 13.0 Å². The summed E-state index contributed by atoms with van der Waals surface area (Å²) < 4.78 is 1.62. The molecule has 80 valence electrons. The van der Waals surface area contributed by atoms with Gasteiger partial charge in [0.05, 0.1) is 0 Å². The molecular formula is C8H15N3O3. The van der Waals surface area contributed by atoms with Gasteiger partial charge in [0.2, 0.25) is 5.95 Å². The van der Waals surface area contributed by atoms with Crippen LogP contribution in [0.4, 0.5) is 5.95 Å². The topological polar surface area (TPSA) is 101 Å². The van der Waals surface area contributed by atoms with Gasteiger partial charge in [-0.1, -0.05) is 0 Å². The molecule has 0 aliphatic carbocycles. The van der Waals surface area contributed by atoms with E-state index in [0.717, 1.165) is 7.11 Å². The van der Waals surface area contributed by atoms with Gasteiger partial charge in [0.15, 0.2) is 0 Å². The summed E-state index contributed by atoms with van der Waals surface area (Å²) in [6, 6.07) is 1.34. The van der Waals surface area contributed by atoms with E-state index in [2.05, 4.69) is 4.98 Å². The maximum atomic E-state index is 10.7. The molecule has 1 rings (SSSR count). The predicted octanol–water partition coefficient (Wildman–Crippen LogP) is -1.18. The molecule has 4 N–H and O–H groups in total. The molecule has 6 heteroatoms. The van der Waals surface area contributed by atoms with Gasteiger partial charge in [0, 0.05) is 32.5 Å². The van der Waals surface area contributed by atoms with E-state index in [0.29, 0.717) is 13.0 Å². The highest BCUT2D eigenvalue weighted by Crippen LogP contribution is 1.95. The van der Waals surface area contributed by atoms with Gasteiger partial charge in [-0.2, -0.15) is 4.98 Å². The largest absolute Gasteiger partial charge is 0.400 e. The predicted molar refractivity (Wildman–Crippen MR) is 52.8 cm³/mol. The van der Waals surface area contributed by atoms with Crippen molar-refractivity contribution >= 4 is 5.95 Å². The number of nitrogen functional groups attached to an aromatic ring is 1. The van der Waals surface area contributed by atoms with Crippen molar-refractivity contribution in [2.24, 2.45) is 0 Å². The van der Waals surface area contributed by atoms with Crippen molar-refractivity contribution < 1.29 is 10.2 Å². The van der Waals surface area contributed by atoms with Gasteiger partial charge in [-0.3, -0.25) is 4.79 Å². The first-order chi connectivity index (χ1) is 6.74. The summed E-state index contributed by atoms with van der Waals surface area (Å²) in [6.07, 6.45) is 2.18. The molecule has 0 atom stereocenters. The van der Waals surface area contributed by atoms with Crippen molar-refractivity contribution in [3.8, 4) is 0 Å². The lowest BCUT2D eigenvalue weighted by Gasteiger charge is -2.06. The van der Waals surface area contributed by atoms with E-state index in [4.69, 9.17) is 15.9 Å². The number of aliphatic hydroxyl groups is 2. The summed E-state index contributed by atoms with van der Waals surface area (Å²) in [5, 5.41) is 15.5. The molecule has 1 heterocycles. The van der Waals surface area contributed by atoms with Crippen LogP contribution in [0.2, 0.25) is 0 Å². The Morgan fingerprint density at radius 2 is 2.21 bits per heavy atom. The molecule has 1 aromatic rings. The standard InChI is InChI=1S/C7H11N3O2.CH4O/c8-7-9-6(12)2-4-10(7)3-1-5-11;1-2/h2,4,11H,1,3,5H2,(H2,8,9,12);2H,1H3. The molecule has 0 radical (unpaired) electrons. The Bertz CT molecular complexity index is 311. The monoisotopic (exact) mass is 201 g/mol. The van der Waals surface area contributed by atoms with Crippen molar-refractivity contribution in [3.63, 3.8) is 0 Å². The van der Waals surface area contributed by atoms with Crippen LogP contribution in [0.5, 0.6) is 0 Å². The molecule has 0 aliphatic rings. The molecule has 1 aromatic heterocycles. The fourth-order valence-corrected chi connectivity index (χ4v) is 0.875. The number of aliphatic hydroxyl groups excluding tert-OH is 2. The molecule has 6 nitrogen and oxygen atoms in total. The number of nitrogens with zero attached hydrogens (tertiary/aromatic N) is 2. The molecule has 0 bridgehead atoms. The summed E-state index contributed by atoms with van der Waals surface area (Å²) in [5.41, 5.74) is 5.09. The highest BCUT2D eigenvalue weighted by Gasteiger charge is 1.96. The normalized spacial score (nSPS) is 9.07. The minimum absolute atomic E-state index is 0.103. The van der Waals surface area contributed by atoms with E-state index in [1.165, 1.54) is 6.07 Å². The lowest BCUT2D eigenvalue weighted by molar-refractivity contribution is 0.280. The summed E-state index contributed by atoms with van der Waals surface area (Å²) in [6.45, 7) is 0.682. The second-order valence-electron chi connectivity index (χ2n) is 2.39. The lowest BCUT2D eigenvalue weighted by Crippen LogP contribution is -2.15. The Balaban J connectivity index is 0.000000791. The highest BCUT2D eigenvalue weighted by atomic mass is 16.3. The van der Waals surface area contributed by atoms with Gasteiger partial charge in [-0.05, 0) is 6.42 Å². The van der Waals surface area contributed by atoms with E-state index in [9.17, 15) is 4.79 Å². The average Bonchev–Trinajstić information content (AvgIpc) is 2.20. The van der Waals surface area contributed by atoms with E-state index in [1.807, 2.05) is 0 Å². The third kappa shape index (κ3) is 4.01. The minimum Gasteiger partial charge on any atom is -0.400 e. The third-order valence-corrected chi connectivity index (χ3v) is 1.47. The van der Waals surface area contributed by atoms with Gasteiger partial charge < -0.3 is 20.5 Å². The van der Waals surface area contributed by atoms with Crippen LogP contribution in [-0.2, 0) is 6.54 Å². The molecule has 0 saturated heterocycles. The van der Waals surface area contributed by atoms with E-state index in [1.54, 1.807) is 10.8 Å². The Hall–Kier alpha value is -1.40. The molecule has 0 aromatic carbocycles.